The largest absolute Gasteiger partial charge is 0.368 e. The molecule has 0 saturated carbocycles. The molecule has 1 aromatic heterocycles. The van der Waals surface area contributed by atoms with E-state index in [1.807, 2.05) is 35.2 Å². The summed E-state index contributed by atoms with van der Waals surface area (Å²) in [6.07, 6.45) is 2.83. The summed E-state index contributed by atoms with van der Waals surface area (Å²) < 4.78 is 0. The smallest absolute Gasteiger partial charge is 0.253 e. The van der Waals surface area contributed by atoms with Gasteiger partial charge in [-0.1, -0.05) is 25.5 Å². The van der Waals surface area contributed by atoms with Crippen molar-refractivity contribution in [1.82, 2.24) is 20.2 Å². The molecule has 1 aromatic carbocycles. The van der Waals surface area contributed by atoms with E-state index < -0.39 is 0 Å². The molecule has 0 radical (unpaired) electrons. The minimum atomic E-state index is 0.0933. The van der Waals surface area contributed by atoms with E-state index in [4.69, 9.17) is 5.73 Å². The lowest BCUT2D eigenvalue weighted by molar-refractivity contribution is 0.0736. The number of carbonyl (C=O) groups is 1. The first kappa shape index (κ1) is 20.1. The van der Waals surface area contributed by atoms with Crippen LogP contribution in [0.15, 0.2) is 30.3 Å². The highest BCUT2D eigenvalue weighted by Crippen LogP contribution is 2.16. The van der Waals surface area contributed by atoms with Gasteiger partial charge in [-0.2, -0.15) is 4.98 Å². The van der Waals surface area contributed by atoms with Crippen molar-refractivity contribution in [2.75, 3.05) is 37.2 Å². The molecular weight excluding hydrogens is 352 g/mol. The average molecular weight is 383 g/mol. The van der Waals surface area contributed by atoms with E-state index in [-0.39, 0.29) is 11.9 Å². The van der Waals surface area contributed by atoms with Crippen molar-refractivity contribution in [3.05, 3.63) is 47.2 Å². The Hall–Kier alpha value is -2.67. The SMILES string of the molecule is CCC[C@@H](C)Nc1cc(Cc2ccc(C(=O)N3CCNCC3)cc2)nc(N)n1. The zero-order valence-corrected chi connectivity index (χ0v) is 16.7. The Balaban J connectivity index is 1.66. The monoisotopic (exact) mass is 382 g/mol. The Bertz CT molecular complexity index is 786. The second-order valence-corrected chi connectivity index (χ2v) is 7.35. The lowest BCUT2D eigenvalue weighted by Crippen LogP contribution is -2.46. The lowest BCUT2D eigenvalue weighted by atomic mass is 10.1. The Morgan fingerprint density at radius 3 is 2.64 bits per heavy atom. The molecule has 1 atom stereocenters. The summed E-state index contributed by atoms with van der Waals surface area (Å²) in [4.78, 5) is 23.1. The maximum Gasteiger partial charge on any atom is 0.253 e. The topological polar surface area (TPSA) is 96.2 Å². The zero-order chi connectivity index (χ0) is 19.9. The van der Waals surface area contributed by atoms with Gasteiger partial charge in [0.2, 0.25) is 5.95 Å². The van der Waals surface area contributed by atoms with Crippen molar-refractivity contribution in [3.63, 3.8) is 0 Å². The van der Waals surface area contributed by atoms with Crippen LogP contribution in [0.3, 0.4) is 0 Å². The number of amides is 1. The maximum atomic E-state index is 12.6. The van der Waals surface area contributed by atoms with Gasteiger partial charge in [0.05, 0.1) is 5.69 Å². The summed E-state index contributed by atoms with van der Waals surface area (Å²) in [6, 6.07) is 10.0. The highest BCUT2D eigenvalue weighted by molar-refractivity contribution is 5.94. The van der Waals surface area contributed by atoms with Crippen LogP contribution in [-0.4, -0.2) is 53.0 Å². The molecule has 1 saturated heterocycles. The Morgan fingerprint density at radius 1 is 1.25 bits per heavy atom. The van der Waals surface area contributed by atoms with Crippen LogP contribution in [0, 0.1) is 0 Å². The quantitative estimate of drug-likeness (QED) is 0.680. The van der Waals surface area contributed by atoms with Gasteiger partial charge in [-0.3, -0.25) is 4.79 Å². The predicted octanol–water partition coefficient (Wildman–Crippen LogP) is 2.30. The third-order valence-corrected chi connectivity index (χ3v) is 4.90. The molecule has 150 valence electrons. The van der Waals surface area contributed by atoms with Crippen LogP contribution in [0.5, 0.6) is 0 Å². The van der Waals surface area contributed by atoms with Gasteiger partial charge < -0.3 is 21.3 Å². The average Bonchev–Trinajstić information content (AvgIpc) is 2.68. The van der Waals surface area contributed by atoms with E-state index in [1.165, 1.54) is 0 Å². The zero-order valence-electron chi connectivity index (χ0n) is 16.7. The number of piperazine rings is 1. The summed E-state index contributed by atoms with van der Waals surface area (Å²) in [6.45, 7) is 7.52. The van der Waals surface area contributed by atoms with Crippen LogP contribution < -0.4 is 16.4 Å². The van der Waals surface area contributed by atoms with Crippen LogP contribution >= 0.6 is 0 Å². The van der Waals surface area contributed by atoms with E-state index in [2.05, 4.69) is 34.4 Å². The summed E-state index contributed by atoms with van der Waals surface area (Å²) in [5.74, 6) is 1.12. The van der Waals surface area contributed by atoms with Crippen molar-refractivity contribution in [3.8, 4) is 0 Å². The van der Waals surface area contributed by atoms with E-state index in [0.717, 1.165) is 61.7 Å². The van der Waals surface area contributed by atoms with Gasteiger partial charge in [-0.15, -0.1) is 0 Å². The third-order valence-electron chi connectivity index (χ3n) is 4.90. The molecule has 7 nitrogen and oxygen atoms in total. The van der Waals surface area contributed by atoms with Gasteiger partial charge in [-0.05, 0) is 31.0 Å². The number of nitrogens with zero attached hydrogens (tertiary/aromatic N) is 3. The molecule has 0 spiro atoms. The van der Waals surface area contributed by atoms with Gasteiger partial charge >= 0.3 is 0 Å². The summed E-state index contributed by atoms with van der Waals surface area (Å²) in [5, 5.41) is 6.65. The van der Waals surface area contributed by atoms with E-state index in [1.54, 1.807) is 0 Å². The molecule has 0 aliphatic carbocycles. The van der Waals surface area contributed by atoms with Crippen LogP contribution in [0.2, 0.25) is 0 Å². The minimum absolute atomic E-state index is 0.0933. The minimum Gasteiger partial charge on any atom is -0.368 e. The first-order chi connectivity index (χ1) is 13.5. The maximum absolute atomic E-state index is 12.6. The van der Waals surface area contributed by atoms with E-state index in [9.17, 15) is 4.79 Å². The molecule has 2 heterocycles. The molecule has 1 fully saturated rings. The number of nitrogens with two attached hydrogens (primary N) is 1. The van der Waals surface area contributed by atoms with Crippen molar-refractivity contribution in [1.29, 1.82) is 0 Å². The van der Waals surface area contributed by atoms with Crippen LogP contribution in [0.25, 0.3) is 0 Å². The molecule has 1 aliphatic rings. The van der Waals surface area contributed by atoms with Crippen LogP contribution in [0.4, 0.5) is 11.8 Å². The molecule has 28 heavy (non-hydrogen) atoms. The Kier molecular flexibility index (Phi) is 6.81. The number of carbonyl (C=O) groups excluding carboxylic acids is 1. The van der Waals surface area contributed by atoms with Gasteiger partial charge in [-0.25, -0.2) is 4.98 Å². The molecule has 0 bridgehead atoms. The Labute approximate surface area is 166 Å². The number of anilines is 2. The van der Waals surface area contributed by atoms with Crippen molar-refractivity contribution in [2.45, 2.75) is 39.2 Å². The van der Waals surface area contributed by atoms with Gasteiger partial charge in [0.15, 0.2) is 0 Å². The fraction of sp³-hybridized carbons (Fsp3) is 0.476. The molecule has 7 heteroatoms. The summed E-state index contributed by atoms with van der Waals surface area (Å²) in [7, 11) is 0. The summed E-state index contributed by atoms with van der Waals surface area (Å²) >= 11 is 0. The number of nitrogen functional groups attached to an aromatic ring is 1. The van der Waals surface area contributed by atoms with Gasteiger partial charge in [0.25, 0.3) is 5.91 Å². The molecule has 0 unspecified atom stereocenters. The highest BCUT2D eigenvalue weighted by atomic mass is 16.2. The van der Waals surface area contributed by atoms with Gasteiger partial charge in [0, 0.05) is 50.3 Å². The third kappa shape index (κ3) is 5.42. The van der Waals surface area contributed by atoms with Crippen molar-refractivity contribution < 1.29 is 4.79 Å². The lowest BCUT2D eigenvalue weighted by Gasteiger charge is -2.27. The molecule has 1 aliphatic heterocycles. The number of benzene rings is 1. The Morgan fingerprint density at radius 2 is 1.96 bits per heavy atom. The highest BCUT2D eigenvalue weighted by Gasteiger charge is 2.17. The van der Waals surface area contributed by atoms with E-state index in [0.29, 0.717) is 12.5 Å². The van der Waals surface area contributed by atoms with Crippen LogP contribution in [0.1, 0.15) is 48.3 Å². The summed E-state index contributed by atoms with van der Waals surface area (Å²) in [5.41, 5.74) is 8.56. The molecule has 1 amide bonds. The second-order valence-electron chi connectivity index (χ2n) is 7.35. The first-order valence-corrected chi connectivity index (χ1v) is 10.0. The van der Waals surface area contributed by atoms with Crippen molar-refractivity contribution >= 4 is 17.7 Å². The standard InChI is InChI=1S/C21H30N6O/c1-3-4-15(2)24-19-14-18(25-21(22)26-19)13-16-5-7-17(8-6-16)20(28)27-11-9-23-10-12-27/h5-8,14-15,23H,3-4,9-13H2,1-2H3,(H3,22,24,25,26)/t15-/m1/s1. The van der Waals surface area contributed by atoms with Gasteiger partial charge in [0.1, 0.15) is 5.82 Å². The second kappa shape index (κ2) is 9.50. The fourth-order valence-corrected chi connectivity index (χ4v) is 3.46. The molecule has 2 aromatic rings. The normalized spacial score (nSPS) is 15.3. The number of hydrogen-bond donors (Lipinski definition) is 3. The molecule has 4 N–H and O–H groups in total. The number of aromatic nitrogens is 2. The number of hydrogen-bond acceptors (Lipinski definition) is 6. The fourth-order valence-electron chi connectivity index (χ4n) is 3.46. The predicted molar refractivity (Wildman–Crippen MR) is 112 cm³/mol. The van der Waals surface area contributed by atoms with Crippen LogP contribution in [-0.2, 0) is 6.42 Å². The van der Waals surface area contributed by atoms with Crippen molar-refractivity contribution in [2.24, 2.45) is 0 Å². The first-order valence-electron chi connectivity index (χ1n) is 10.0. The molecular formula is C21H30N6O. The van der Waals surface area contributed by atoms with E-state index >= 15 is 0 Å². The molecule has 3 rings (SSSR count). The number of rotatable bonds is 7. The number of nitrogens with one attached hydrogen (secondary N) is 2.